The Labute approximate surface area is 167 Å². The van der Waals surface area contributed by atoms with Crippen LogP contribution in [0.2, 0.25) is 0 Å². The Morgan fingerprint density at radius 3 is 2.81 bits per heavy atom. The van der Waals surface area contributed by atoms with Crippen LogP contribution in [0, 0.1) is 11.8 Å². The Hall–Kier alpha value is -1.11. The van der Waals surface area contributed by atoms with Crippen LogP contribution in [0.5, 0.6) is 0 Å². The maximum atomic E-state index is 12.2. The average Bonchev–Trinajstić information content (AvgIpc) is 2.91. The number of methoxy groups -OCH3 is 1. The normalized spacial score (nSPS) is 24.9. The number of unbranched alkanes of at least 4 members (excludes halogenated alkanes) is 1. The van der Waals surface area contributed by atoms with E-state index < -0.39 is 11.7 Å². The first-order valence-electron chi connectivity index (χ1n) is 9.74. The second kappa shape index (κ2) is 12.4. The fourth-order valence-corrected chi connectivity index (χ4v) is 4.36. The second-order valence-corrected chi connectivity index (χ2v) is 8.34. The predicted octanol–water partition coefficient (Wildman–Crippen LogP) is 3.29. The lowest BCUT2D eigenvalue weighted by molar-refractivity contribution is -0.137. The molecule has 0 radical (unpaired) electrons. The van der Waals surface area contributed by atoms with E-state index in [9.17, 15) is 19.8 Å². The molecule has 0 saturated heterocycles. The maximum absolute atomic E-state index is 12.2. The number of ether oxygens (including phenoxy) is 1. The molecule has 0 aromatic rings. The van der Waals surface area contributed by atoms with Gasteiger partial charge in [-0.25, -0.2) is 0 Å². The summed E-state index contributed by atoms with van der Waals surface area (Å²) in [6, 6.07) is 0. The molecule has 1 aliphatic rings. The summed E-state index contributed by atoms with van der Waals surface area (Å²) in [5.74, 6) is 0.754. The SMILES string of the molecule is C=CC(O)(CC=C[C@H]1[C@H](O)CC(=O)[C@@H]1CCCCSCC(=O)OC)CCC. The van der Waals surface area contributed by atoms with Crippen LogP contribution in [0.25, 0.3) is 0 Å². The molecule has 1 rings (SSSR count). The van der Waals surface area contributed by atoms with Gasteiger partial charge >= 0.3 is 5.97 Å². The molecule has 0 aliphatic heterocycles. The van der Waals surface area contributed by atoms with Crippen molar-refractivity contribution in [2.75, 3.05) is 18.6 Å². The molecular weight excluding hydrogens is 364 g/mol. The molecule has 0 amide bonds. The molecule has 5 nitrogen and oxygen atoms in total. The summed E-state index contributed by atoms with van der Waals surface area (Å²) in [5.41, 5.74) is -0.925. The quantitative estimate of drug-likeness (QED) is 0.281. The van der Waals surface area contributed by atoms with Gasteiger partial charge in [-0.2, -0.15) is 11.8 Å². The van der Waals surface area contributed by atoms with Crippen LogP contribution in [-0.4, -0.2) is 52.3 Å². The lowest BCUT2D eigenvalue weighted by Crippen LogP contribution is -2.24. The number of carbonyl (C=O) groups is 2. The monoisotopic (exact) mass is 398 g/mol. The summed E-state index contributed by atoms with van der Waals surface area (Å²) in [5, 5.41) is 20.7. The largest absolute Gasteiger partial charge is 0.468 e. The standard InChI is InChI=1S/C21H34O5S/c1-4-11-21(25,5-2)12-8-10-17-16(18(22)14-19(17)23)9-6-7-13-27-15-20(24)26-3/h5,8,10,16-17,19,23,25H,2,4,6-7,9,11-15H2,1,3H3/t16-,17-,19-,21?/m1/s1. The second-order valence-electron chi connectivity index (χ2n) is 7.24. The van der Waals surface area contributed by atoms with Crippen molar-refractivity contribution in [3.63, 3.8) is 0 Å². The van der Waals surface area contributed by atoms with Crippen molar-refractivity contribution in [2.24, 2.45) is 11.8 Å². The van der Waals surface area contributed by atoms with Crippen molar-refractivity contribution in [1.29, 1.82) is 0 Å². The molecule has 1 unspecified atom stereocenters. The van der Waals surface area contributed by atoms with Crippen molar-refractivity contribution in [3.8, 4) is 0 Å². The van der Waals surface area contributed by atoms with Crippen LogP contribution in [-0.2, 0) is 14.3 Å². The van der Waals surface area contributed by atoms with Crippen molar-refractivity contribution in [1.82, 2.24) is 0 Å². The summed E-state index contributed by atoms with van der Waals surface area (Å²) < 4.78 is 4.60. The van der Waals surface area contributed by atoms with E-state index in [1.165, 1.54) is 18.9 Å². The number of rotatable bonds is 13. The zero-order chi connectivity index (χ0) is 20.3. The molecule has 27 heavy (non-hydrogen) atoms. The summed E-state index contributed by atoms with van der Waals surface area (Å²) in [7, 11) is 1.38. The number of ketones is 1. The highest BCUT2D eigenvalue weighted by atomic mass is 32.2. The minimum absolute atomic E-state index is 0.118. The number of carbonyl (C=O) groups excluding carboxylic acids is 2. The Bertz CT molecular complexity index is 519. The van der Waals surface area contributed by atoms with E-state index in [2.05, 4.69) is 11.3 Å². The third kappa shape index (κ3) is 8.20. The lowest BCUT2D eigenvalue weighted by Gasteiger charge is -2.23. The first-order chi connectivity index (χ1) is 12.9. The van der Waals surface area contributed by atoms with Gasteiger partial charge in [0.05, 0.1) is 24.6 Å². The van der Waals surface area contributed by atoms with Gasteiger partial charge in [-0.05, 0) is 31.4 Å². The number of aliphatic hydroxyl groups excluding tert-OH is 1. The number of aliphatic hydroxyl groups is 2. The Morgan fingerprint density at radius 1 is 1.44 bits per heavy atom. The van der Waals surface area contributed by atoms with E-state index in [-0.39, 0.29) is 30.0 Å². The van der Waals surface area contributed by atoms with E-state index in [4.69, 9.17) is 0 Å². The Balaban J connectivity index is 2.47. The van der Waals surface area contributed by atoms with Crippen molar-refractivity contribution < 1.29 is 24.5 Å². The zero-order valence-electron chi connectivity index (χ0n) is 16.6. The third-order valence-corrected chi connectivity index (χ3v) is 6.14. The minimum Gasteiger partial charge on any atom is -0.468 e. The first kappa shape index (κ1) is 23.9. The summed E-state index contributed by atoms with van der Waals surface area (Å²) >= 11 is 1.53. The van der Waals surface area contributed by atoms with E-state index in [0.717, 1.165) is 31.4 Å². The van der Waals surface area contributed by atoms with Gasteiger partial charge in [0.15, 0.2) is 0 Å². The van der Waals surface area contributed by atoms with Gasteiger partial charge in [0.25, 0.3) is 0 Å². The van der Waals surface area contributed by atoms with Gasteiger partial charge in [-0.1, -0.05) is 38.0 Å². The van der Waals surface area contributed by atoms with Crippen molar-refractivity contribution in [3.05, 3.63) is 24.8 Å². The molecule has 0 spiro atoms. The number of esters is 1. The number of hydrogen-bond acceptors (Lipinski definition) is 6. The van der Waals surface area contributed by atoms with Crippen LogP contribution in [0.4, 0.5) is 0 Å². The Morgan fingerprint density at radius 2 is 2.19 bits per heavy atom. The van der Waals surface area contributed by atoms with Crippen LogP contribution >= 0.6 is 11.8 Å². The molecule has 154 valence electrons. The van der Waals surface area contributed by atoms with E-state index in [1.807, 2.05) is 19.1 Å². The summed E-state index contributed by atoms with van der Waals surface area (Å²) in [4.78, 5) is 23.3. The molecule has 6 heteroatoms. The molecule has 1 fully saturated rings. The van der Waals surface area contributed by atoms with Gasteiger partial charge in [0, 0.05) is 18.3 Å². The lowest BCUT2D eigenvalue weighted by atomic mass is 9.87. The zero-order valence-corrected chi connectivity index (χ0v) is 17.4. The maximum Gasteiger partial charge on any atom is 0.315 e. The van der Waals surface area contributed by atoms with Gasteiger partial charge in [-0.3, -0.25) is 9.59 Å². The third-order valence-electron chi connectivity index (χ3n) is 5.13. The Kier molecular flexibility index (Phi) is 11.0. The van der Waals surface area contributed by atoms with E-state index in [1.54, 1.807) is 6.08 Å². The summed E-state index contributed by atoms with van der Waals surface area (Å²) in [6.45, 7) is 5.72. The van der Waals surface area contributed by atoms with Crippen molar-refractivity contribution >= 4 is 23.5 Å². The molecule has 0 aromatic heterocycles. The number of Topliss-reactive ketones (excluding diaryl/α,β-unsaturated/α-hetero) is 1. The molecule has 0 bridgehead atoms. The van der Waals surface area contributed by atoms with Gasteiger partial charge in [0.1, 0.15) is 5.78 Å². The molecule has 0 heterocycles. The van der Waals surface area contributed by atoms with Crippen LogP contribution in [0.15, 0.2) is 24.8 Å². The highest BCUT2D eigenvalue weighted by Gasteiger charge is 2.39. The number of hydrogen-bond donors (Lipinski definition) is 2. The van der Waals surface area contributed by atoms with Crippen molar-refractivity contribution in [2.45, 2.75) is 63.6 Å². The fourth-order valence-electron chi connectivity index (χ4n) is 3.52. The van der Waals surface area contributed by atoms with Gasteiger partial charge in [0.2, 0.25) is 0 Å². The predicted molar refractivity (Wildman–Crippen MR) is 110 cm³/mol. The fraction of sp³-hybridized carbons (Fsp3) is 0.714. The van der Waals surface area contributed by atoms with Gasteiger partial charge in [-0.15, -0.1) is 6.58 Å². The molecule has 2 N–H and O–H groups in total. The first-order valence-corrected chi connectivity index (χ1v) is 10.9. The average molecular weight is 399 g/mol. The van der Waals surface area contributed by atoms with Crippen LogP contribution in [0.3, 0.4) is 0 Å². The van der Waals surface area contributed by atoms with E-state index in [0.29, 0.717) is 18.6 Å². The molecule has 4 atom stereocenters. The smallest absolute Gasteiger partial charge is 0.315 e. The molecule has 1 aliphatic carbocycles. The molecular formula is C21H34O5S. The van der Waals surface area contributed by atoms with E-state index >= 15 is 0 Å². The molecule has 0 aromatic carbocycles. The summed E-state index contributed by atoms with van der Waals surface area (Å²) in [6.07, 6.45) is 9.39. The highest BCUT2D eigenvalue weighted by Crippen LogP contribution is 2.34. The topological polar surface area (TPSA) is 83.8 Å². The van der Waals surface area contributed by atoms with Gasteiger partial charge < -0.3 is 14.9 Å². The molecule has 1 saturated carbocycles. The minimum atomic E-state index is -0.925. The van der Waals surface area contributed by atoms with Crippen LogP contribution < -0.4 is 0 Å². The number of thioether (sulfide) groups is 1. The highest BCUT2D eigenvalue weighted by molar-refractivity contribution is 7.99. The van der Waals surface area contributed by atoms with Crippen LogP contribution in [0.1, 0.15) is 51.9 Å².